The van der Waals surface area contributed by atoms with Crippen LogP contribution in [0.5, 0.6) is 0 Å². The van der Waals surface area contributed by atoms with E-state index in [1.165, 1.54) is 0 Å². The van der Waals surface area contributed by atoms with Crippen LogP contribution in [0.1, 0.15) is 19.7 Å². The van der Waals surface area contributed by atoms with Crippen LogP contribution < -0.4 is 0 Å². The van der Waals surface area contributed by atoms with Crippen LogP contribution in [-0.2, 0) is 12.4 Å². The van der Waals surface area contributed by atoms with Gasteiger partial charge in [0.25, 0.3) is 0 Å². The lowest BCUT2D eigenvalue weighted by Gasteiger charge is -2.29. The van der Waals surface area contributed by atoms with E-state index < -0.39 is 0 Å². The molecular formula is C15H21Cl2N3. The molecule has 0 aliphatic heterocycles. The van der Waals surface area contributed by atoms with Crippen LogP contribution in [0.4, 0.5) is 0 Å². The number of hydrogen-bond donors (Lipinski definition) is 0. The van der Waals surface area contributed by atoms with Gasteiger partial charge in [0.2, 0.25) is 0 Å². The fourth-order valence-corrected chi connectivity index (χ4v) is 3.14. The van der Waals surface area contributed by atoms with Gasteiger partial charge in [0.15, 0.2) is 0 Å². The van der Waals surface area contributed by atoms with E-state index in [-0.39, 0.29) is 5.41 Å². The molecule has 0 atom stereocenters. The van der Waals surface area contributed by atoms with E-state index in [1.54, 1.807) is 0 Å². The van der Waals surface area contributed by atoms with Gasteiger partial charge in [0.1, 0.15) is 5.82 Å². The largest absolute Gasteiger partial charge is 0.326 e. The first-order chi connectivity index (χ1) is 9.32. The second-order valence-corrected chi connectivity index (χ2v) is 6.99. The Morgan fingerprint density at radius 3 is 2.60 bits per heavy atom. The highest BCUT2D eigenvalue weighted by Gasteiger charge is 2.22. The summed E-state index contributed by atoms with van der Waals surface area (Å²) in [7, 11) is 4.19. The van der Waals surface area contributed by atoms with E-state index in [1.807, 2.05) is 18.2 Å². The Morgan fingerprint density at radius 2 is 2.00 bits per heavy atom. The molecule has 0 saturated heterocycles. The third kappa shape index (κ3) is 3.46. The predicted octanol–water partition coefficient (Wildman–Crippen LogP) is 4.02. The van der Waals surface area contributed by atoms with Gasteiger partial charge in [-0.3, -0.25) is 0 Å². The Balaban J connectivity index is 2.42. The minimum atomic E-state index is 0.136. The highest BCUT2D eigenvalue weighted by atomic mass is 35.5. The maximum absolute atomic E-state index is 6.05. The molecule has 2 aromatic rings. The smallest absolute Gasteiger partial charge is 0.124 e. The molecule has 0 spiro atoms. The van der Waals surface area contributed by atoms with Crippen LogP contribution in [0, 0.1) is 5.41 Å². The lowest BCUT2D eigenvalue weighted by atomic mass is 9.92. The molecule has 1 heterocycles. The summed E-state index contributed by atoms with van der Waals surface area (Å²) < 4.78 is 2.21. The average molecular weight is 314 g/mol. The van der Waals surface area contributed by atoms with Crippen molar-refractivity contribution in [1.29, 1.82) is 0 Å². The minimum absolute atomic E-state index is 0.136. The van der Waals surface area contributed by atoms with Crippen molar-refractivity contribution in [2.45, 2.75) is 26.3 Å². The Bertz CT molecular complexity index is 602. The first-order valence-electron chi connectivity index (χ1n) is 6.68. The van der Waals surface area contributed by atoms with Crippen molar-refractivity contribution in [3.05, 3.63) is 29.0 Å². The molecule has 0 fully saturated rings. The van der Waals surface area contributed by atoms with Crippen molar-refractivity contribution in [3.63, 3.8) is 0 Å². The van der Waals surface area contributed by atoms with Gasteiger partial charge < -0.3 is 9.47 Å². The SMILES string of the molecule is CN(C)CC(C)(C)Cn1c(CCl)nc2cc(Cl)ccc21. The molecule has 1 aromatic heterocycles. The molecule has 0 aliphatic rings. The summed E-state index contributed by atoms with van der Waals surface area (Å²) in [6, 6.07) is 5.81. The normalized spacial score (nSPS) is 12.6. The number of benzene rings is 1. The van der Waals surface area contributed by atoms with E-state index in [9.17, 15) is 0 Å². The summed E-state index contributed by atoms with van der Waals surface area (Å²) in [6.45, 7) is 6.40. The number of alkyl halides is 1. The number of nitrogens with zero attached hydrogens (tertiary/aromatic N) is 3. The minimum Gasteiger partial charge on any atom is -0.326 e. The molecule has 110 valence electrons. The molecule has 3 nitrogen and oxygen atoms in total. The van der Waals surface area contributed by atoms with E-state index >= 15 is 0 Å². The predicted molar refractivity (Wildman–Crippen MR) is 86.6 cm³/mol. The number of halogens is 2. The van der Waals surface area contributed by atoms with Crippen molar-refractivity contribution < 1.29 is 0 Å². The van der Waals surface area contributed by atoms with Gasteiger partial charge in [-0.15, -0.1) is 11.6 Å². The number of imidazole rings is 1. The molecule has 0 bridgehead atoms. The van der Waals surface area contributed by atoms with Crippen LogP contribution in [0.15, 0.2) is 18.2 Å². The molecule has 0 saturated carbocycles. The Labute approximate surface area is 130 Å². The topological polar surface area (TPSA) is 21.1 Å². The summed E-state index contributed by atoms with van der Waals surface area (Å²) >= 11 is 12.1. The summed E-state index contributed by atoms with van der Waals surface area (Å²) in [5.74, 6) is 1.31. The number of hydrogen-bond acceptors (Lipinski definition) is 2. The van der Waals surface area contributed by atoms with Crippen LogP contribution in [0.2, 0.25) is 5.02 Å². The van der Waals surface area contributed by atoms with Gasteiger partial charge in [0, 0.05) is 18.1 Å². The molecule has 0 amide bonds. The maximum atomic E-state index is 6.05. The maximum Gasteiger partial charge on any atom is 0.124 e. The molecule has 5 heteroatoms. The third-order valence-corrected chi connectivity index (χ3v) is 3.71. The highest BCUT2D eigenvalue weighted by molar-refractivity contribution is 6.31. The van der Waals surface area contributed by atoms with Crippen molar-refractivity contribution in [1.82, 2.24) is 14.5 Å². The summed E-state index contributed by atoms with van der Waals surface area (Å²) in [4.78, 5) is 6.79. The lowest BCUT2D eigenvalue weighted by Crippen LogP contribution is -2.32. The molecule has 0 radical (unpaired) electrons. The molecule has 0 unspecified atom stereocenters. The molecule has 0 N–H and O–H groups in total. The van der Waals surface area contributed by atoms with Gasteiger partial charge >= 0.3 is 0 Å². The van der Waals surface area contributed by atoms with Crippen LogP contribution in [0.25, 0.3) is 11.0 Å². The van der Waals surface area contributed by atoms with Crippen LogP contribution in [0.3, 0.4) is 0 Å². The first kappa shape index (κ1) is 15.6. The Morgan fingerprint density at radius 1 is 1.30 bits per heavy atom. The second-order valence-electron chi connectivity index (χ2n) is 6.28. The Hall–Kier alpha value is -0.770. The van der Waals surface area contributed by atoms with E-state index in [0.29, 0.717) is 10.9 Å². The van der Waals surface area contributed by atoms with E-state index in [2.05, 4.69) is 42.4 Å². The zero-order valence-corrected chi connectivity index (χ0v) is 14.0. The van der Waals surface area contributed by atoms with Gasteiger partial charge in [-0.05, 0) is 37.7 Å². The summed E-state index contributed by atoms with van der Waals surface area (Å²) in [6.07, 6.45) is 0. The summed E-state index contributed by atoms with van der Waals surface area (Å²) in [5, 5.41) is 0.704. The van der Waals surface area contributed by atoms with Gasteiger partial charge in [0.05, 0.1) is 16.9 Å². The van der Waals surface area contributed by atoms with Crippen molar-refractivity contribution >= 4 is 34.2 Å². The number of aromatic nitrogens is 2. The quantitative estimate of drug-likeness (QED) is 0.777. The number of fused-ring (bicyclic) bond motifs is 1. The molecule has 0 aliphatic carbocycles. The highest BCUT2D eigenvalue weighted by Crippen LogP contribution is 2.26. The molecule has 20 heavy (non-hydrogen) atoms. The van der Waals surface area contributed by atoms with E-state index in [4.69, 9.17) is 23.2 Å². The van der Waals surface area contributed by atoms with Crippen molar-refractivity contribution in [2.24, 2.45) is 5.41 Å². The van der Waals surface area contributed by atoms with Gasteiger partial charge in [-0.2, -0.15) is 0 Å². The van der Waals surface area contributed by atoms with E-state index in [0.717, 1.165) is 29.9 Å². The fraction of sp³-hybridized carbons (Fsp3) is 0.533. The van der Waals surface area contributed by atoms with Crippen LogP contribution in [-0.4, -0.2) is 35.1 Å². The average Bonchev–Trinajstić information content (AvgIpc) is 2.64. The lowest BCUT2D eigenvalue weighted by molar-refractivity contribution is 0.212. The van der Waals surface area contributed by atoms with Gasteiger partial charge in [-0.1, -0.05) is 25.4 Å². The third-order valence-electron chi connectivity index (χ3n) is 3.24. The van der Waals surface area contributed by atoms with Crippen LogP contribution >= 0.6 is 23.2 Å². The molecule has 2 rings (SSSR count). The van der Waals surface area contributed by atoms with Crippen molar-refractivity contribution in [2.75, 3.05) is 20.6 Å². The summed E-state index contributed by atoms with van der Waals surface area (Å²) in [5.41, 5.74) is 2.14. The Kier molecular flexibility index (Phi) is 4.62. The van der Waals surface area contributed by atoms with Crippen molar-refractivity contribution in [3.8, 4) is 0 Å². The zero-order valence-electron chi connectivity index (χ0n) is 12.5. The monoisotopic (exact) mass is 313 g/mol. The number of rotatable bonds is 5. The molecular weight excluding hydrogens is 293 g/mol. The standard InChI is InChI=1S/C15H21Cl2N3/c1-15(2,9-19(3)4)10-20-13-6-5-11(17)7-12(13)18-14(20)8-16/h5-7H,8-10H2,1-4H3. The first-order valence-corrected chi connectivity index (χ1v) is 7.59. The second kappa shape index (κ2) is 5.92. The molecule has 1 aromatic carbocycles. The fourth-order valence-electron chi connectivity index (χ4n) is 2.77. The van der Waals surface area contributed by atoms with Gasteiger partial charge in [-0.25, -0.2) is 4.98 Å². The zero-order chi connectivity index (χ0) is 14.9.